The predicted molar refractivity (Wildman–Crippen MR) is 124 cm³/mol. The molecule has 0 aliphatic heterocycles. The van der Waals surface area contributed by atoms with Gasteiger partial charge in [0.1, 0.15) is 22.8 Å². The van der Waals surface area contributed by atoms with Crippen LogP contribution in [-0.2, 0) is 20.8 Å². The number of Topliss-reactive ketones (excluding diaryl/α,β-unsaturated/α-hetero) is 2. The summed E-state index contributed by atoms with van der Waals surface area (Å²) in [5, 5.41) is 44.3. The average Bonchev–Trinajstić information content (AvgIpc) is 2.75. The third kappa shape index (κ3) is 3.11. The molecule has 4 atom stereocenters. The number of carbonyl (C=O) groups excluding carboxylic acids is 4. The molecule has 1 fully saturated rings. The van der Waals surface area contributed by atoms with Gasteiger partial charge < -0.3 is 31.1 Å². The molecule has 6 N–H and O–H groups in total. The maximum absolute atomic E-state index is 13.8. The molecule has 3 aliphatic carbocycles. The zero-order chi connectivity index (χ0) is 26.1. The molecule has 0 unspecified atom stereocenters. The second kappa shape index (κ2) is 7.92. The summed E-state index contributed by atoms with van der Waals surface area (Å²) in [5.74, 6) is -7.33. The molecule has 0 radical (unpaired) electrons. The molecule has 186 valence electrons. The molecule has 11 nitrogen and oxygen atoms in total. The first kappa shape index (κ1) is 24.4. The van der Waals surface area contributed by atoms with Gasteiger partial charge in [-0.05, 0) is 44.5 Å². The van der Waals surface area contributed by atoms with Gasteiger partial charge in [-0.25, -0.2) is 0 Å². The highest BCUT2D eigenvalue weighted by Crippen LogP contribution is 2.53. The van der Waals surface area contributed by atoms with Gasteiger partial charge in [-0.1, -0.05) is 0 Å². The SMILES string of the molecule is CN(C)c1cc(C=O)c(O)c2c1C[C@H]1C[C@H]3[C@H](N(C)C)C(=O)C(C(N)=O)=C(O)[C@@]3(O)C(=O)C1=C2O. The number of fused-ring (bicyclic) bond motifs is 3. The second-order valence-corrected chi connectivity index (χ2v) is 9.66. The molecule has 1 amide bonds. The number of aliphatic hydroxyl groups is 3. The van der Waals surface area contributed by atoms with Crippen molar-refractivity contribution in [3.05, 3.63) is 39.7 Å². The first-order valence-corrected chi connectivity index (χ1v) is 10.9. The summed E-state index contributed by atoms with van der Waals surface area (Å²) in [5.41, 5.74) is 2.28. The monoisotopic (exact) mass is 485 g/mol. The predicted octanol–water partition coefficient (Wildman–Crippen LogP) is -0.157. The summed E-state index contributed by atoms with van der Waals surface area (Å²) in [7, 11) is 6.52. The summed E-state index contributed by atoms with van der Waals surface area (Å²) in [6.07, 6.45) is 0.560. The van der Waals surface area contributed by atoms with Crippen LogP contribution in [0.2, 0.25) is 0 Å². The van der Waals surface area contributed by atoms with E-state index in [1.807, 2.05) is 0 Å². The molecule has 3 aliphatic rings. The standard InChI is InChI=1S/C24H27N3O8/c1-26(2)13-7-10(8-28)18(29)15-11(13)5-9-6-12-17(27(3)4)20(31)16(23(25)34)22(33)24(12,35)21(32)14(9)19(15)30/h7-9,12,17,29-30,33,35H,5-6H2,1-4H3,(H2,25,34)/t9-,12-,17-,24-/m0/s1. The Balaban J connectivity index is 2.02. The first-order valence-electron chi connectivity index (χ1n) is 10.9. The number of carbonyl (C=O) groups is 4. The van der Waals surface area contributed by atoms with E-state index in [4.69, 9.17) is 5.73 Å². The van der Waals surface area contributed by atoms with Crippen LogP contribution in [0.25, 0.3) is 5.76 Å². The number of nitrogens with zero attached hydrogens (tertiary/aromatic N) is 2. The van der Waals surface area contributed by atoms with Crippen LogP contribution in [0.4, 0.5) is 5.69 Å². The smallest absolute Gasteiger partial charge is 0.255 e. The van der Waals surface area contributed by atoms with Crippen molar-refractivity contribution in [1.29, 1.82) is 0 Å². The van der Waals surface area contributed by atoms with Gasteiger partial charge in [0.15, 0.2) is 17.7 Å². The number of hydrogen-bond acceptors (Lipinski definition) is 10. The minimum absolute atomic E-state index is 0.00513. The van der Waals surface area contributed by atoms with Gasteiger partial charge in [-0.15, -0.1) is 0 Å². The molecule has 4 rings (SSSR count). The van der Waals surface area contributed by atoms with E-state index < -0.39 is 63.8 Å². The molecule has 11 heteroatoms. The van der Waals surface area contributed by atoms with E-state index in [1.54, 1.807) is 19.0 Å². The van der Waals surface area contributed by atoms with Crippen LogP contribution in [0, 0.1) is 11.8 Å². The highest BCUT2D eigenvalue weighted by Gasteiger charge is 2.64. The van der Waals surface area contributed by atoms with Crippen molar-refractivity contribution in [3.63, 3.8) is 0 Å². The highest BCUT2D eigenvalue weighted by atomic mass is 16.3. The van der Waals surface area contributed by atoms with Crippen molar-refractivity contribution >= 4 is 35.2 Å². The van der Waals surface area contributed by atoms with Crippen LogP contribution >= 0.6 is 0 Å². The van der Waals surface area contributed by atoms with Crippen LogP contribution in [0.5, 0.6) is 5.75 Å². The van der Waals surface area contributed by atoms with Crippen LogP contribution in [0.3, 0.4) is 0 Å². The maximum atomic E-state index is 13.8. The number of aliphatic hydroxyl groups excluding tert-OH is 2. The molecule has 0 heterocycles. The molecule has 1 saturated carbocycles. The number of primary amides is 1. The molecule has 1 aromatic rings. The van der Waals surface area contributed by atoms with E-state index in [0.717, 1.165) is 0 Å². The van der Waals surface area contributed by atoms with Gasteiger partial charge in [0.2, 0.25) is 5.78 Å². The Morgan fingerprint density at radius 2 is 1.80 bits per heavy atom. The maximum Gasteiger partial charge on any atom is 0.255 e. The Hall–Kier alpha value is -3.70. The highest BCUT2D eigenvalue weighted by molar-refractivity contribution is 6.24. The largest absolute Gasteiger partial charge is 0.508 e. The topological polar surface area (TPSA) is 182 Å². The van der Waals surface area contributed by atoms with Crippen LogP contribution in [0.15, 0.2) is 23.0 Å². The van der Waals surface area contributed by atoms with E-state index in [-0.39, 0.29) is 29.5 Å². The number of anilines is 1. The van der Waals surface area contributed by atoms with E-state index in [1.165, 1.54) is 25.1 Å². The van der Waals surface area contributed by atoms with E-state index in [2.05, 4.69) is 0 Å². The average molecular weight is 485 g/mol. The molecule has 0 aromatic heterocycles. The van der Waals surface area contributed by atoms with E-state index >= 15 is 0 Å². The number of amides is 1. The summed E-state index contributed by atoms with van der Waals surface area (Å²) in [6.45, 7) is 0. The lowest BCUT2D eigenvalue weighted by atomic mass is 9.57. The van der Waals surface area contributed by atoms with Crippen molar-refractivity contribution < 1.29 is 39.6 Å². The molecule has 0 saturated heterocycles. The van der Waals surface area contributed by atoms with Crippen molar-refractivity contribution in [2.24, 2.45) is 17.6 Å². The number of phenols is 1. The van der Waals surface area contributed by atoms with Crippen molar-refractivity contribution in [2.45, 2.75) is 24.5 Å². The fraction of sp³-hybridized carbons (Fsp3) is 0.417. The zero-order valence-electron chi connectivity index (χ0n) is 19.7. The van der Waals surface area contributed by atoms with E-state index in [0.29, 0.717) is 17.5 Å². The fourth-order valence-corrected chi connectivity index (χ4v) is 5.80. The van der Waals surface area contributed by atoms with Gasteiger partial charge in [0.05, 0.1) is 17.2 Å². The molecule has 35 heavy (non-hydrogen) atoms. The molecule has 1 aromatic carbocycles. The fourth-order valence-electron chi connectivity index (χ4n) is 5.80. The molecule has 0 spiro atoms. The first-order chi connectivity index (χ1) is 16.3. The number of benzene rings is 1. The van der Waals surface area contributed by atoms with Gasteiger partial charge in [-0.3, -0.25) is 24.1 Å². The summed E-state index contributed by atoms with van der Waals surface area (Å²) in [4.78, 5) is 53.6. The van der Waals surface area contributed by atoms with Crippen molar-refractivity contribution in [1.82, 2.24) is 4.90 Å². The minimum atomic E-state index is -2.70. The summed E-state index contributed by atoms with van der Waals surface area (Å²) >= 11 is 0. The van der Waals surface area contributed by atoms with Crippen molar-refractivity contribution in [2.75, 3.05) is 33.1 Å². The van der Waals surface area contributed by atoms with E-state index in [9.17, 15) is 39.6 Å². The number of phenolic OH excluding ortho intramolecular Hbond substituents is 1. The van der Waals surface area contributed by atoms with Crippen LogP contribution < -0.4 is 10.6 Å². The Morgan fingerprint density at radius 3 is 2.31 bits per heavy atom. The van der Waals surface area contributed by atoms with Gasteiger partial charge in [0, 0.05) is 31.3 Å². The molecular weight excluding hydrogens is 458 g/mol. The number of hydrogen-bond donors (Lipinski definition) is 5. The number of rotatable bonds is 4. The van der Waals surface area contributed by atoms with Crippen LogP contribution in [-0.4, -0.2) is 88.9 Å². The number of likely N-dealkylation sites (N-methyl/N-ethyl adjacent to an activating group) is 1. The molecular formula is C24H27N3O8. The lowest BCUT2D eigenvalue weighted by Crippen LogP contribution is -2.65. The Kier molecular flexibility index (Phi) is 5.53. The third-order valence-corrected chi connectivity index (χ3v) is 7.34. The molecule has 0 bridgehead atoms. The normalized spacial score (nSPS) is 28.0. The number of nitrogens with two attached hydrogens (primary N) is 1. The Bertz CT molecular complexity index is 1260. The van der Waals surface area contributed by atoms with Gasteiger partial charge >= 0.3 is 0 Å². The van der Waals surface area contributed by atoms with Gasteiger partial charge in [0.25, 0.3) is 5.91 Å². The Morgan fingerprint density at radius 1 is 1.17 bits per heavy atom. The van der Waals surface area contributed by atoms with Crippen molar-refractivity contribution in [3.8, 4) is 5.75 Å². The number of aromatic hydroxyl groups is 1. The lowest BCUT2D eigenvalue weighted by molar-refractivity contribution is -0.153. The number of ketones is 2. The third-order valence-electron chi connectivity index (χ3n) is 7.34. The minimum Gasteiger partial charge on any atom is -0.508 e. The second-order valence-electron chi connectivity index (χ2n) is 9.66. The zero-order valence-corrected chi connectivity index (χ0v) is 19.7. The summed E-state index contributed by atoms with van der Waals surface area (Å²) in [6, 6.07) is 0.326. The number of aldehydes is 1. The van der Waals surface area contributed by atoms with Crippen LogP contribution in [0.1, 0.15) is 27.9 Å². The summed E-state index contributed by atoms with van der Waals surface area (Å²) < 4.78 is 0. The lowest BCUT2D eigenvalue weighted by Gasteiger charge is -2.50. The quantitative estimate of drug-likeness (QED) is 0.284. The Labute approximate surface area is 200 Å². The van der Waals surface area contributed by atoms with Gasteiger partial charge in [-0.2, -0.15) is 0 Å².